The van der Waals surface area contributed by atoms with Crippen LogP contribution in [-0.2, 0) is 0 Å². The highest BCUT2D eigenvalue weighted by Gasteiger charge is 2.28. The predicted octanol–water partition coefficient (Wildman–Crippen LogP) is 2.77. The lowest BCUT2D eigenvalue weighted by Gasteiger charge is -2.18. The topological polar surface area (TPSA) is 3.24 Å². The summed E-state index contributed by atoms with van der Waals surface area (Å²) < 4.78 is 22.4. The van der Waals surface area contributed by atoms with Gasteiger partial charge in [0.15, 0.2) is 0 Å². The van der Waals surface area contributed by atoms with Gasteiger partial charge in [-0.05, 0) is 11.6 Å². The molecule has 0 unspecified atom stereocenters. The van der Waals surface area contributed by atoms with Gasteiger partial charge >= 0.3 is 4.71 Å². The van der Waals surface area contributed by atoms with Crippen LogP contribution < -0.4 is 0 Å². The van der Waals surface area contributed by atoms with Crippen molar-refractivity contribution in [2.75, 3.05) is 13.1 Å². The van der Waals surface area contributed by atoms with Crippen LogP contribution in [-0.4, -0.2) is 22.1 Å². The van der Waals surface area contributed by atoms with Crippen molar-refractivity contribution >= 4 is 23.5 Å². The molecule has 0 spiro atoms. The highest BCUT2D eigenvalue weighted by molar-refractivity contribution is 7.99. The first-order valence-corrected chi connectivity index (χ1v) is 4.15. The van der Waals surface area contributed by atoms with Gasteiger partial charge in [0, 0.05) is 25.0 Å². The molecule has 0 radical (unpaired) electrons. The number of halogens is 3. The van der Waals surface area contributed by atoms with Crippen molar-refractivity contribution in [3.05, 3.63) is 0 Å². The summed E-state index contributed by atoms with van der Waals surface area (Å²) in [6.07, 6.45) is 0. The molecule has 0 aliphatic rings. The van der Waals surface area contributed by atoms with Crippen molar-refractivity contribution in [1.29, 1.82) is 0 Å². The van der Waals surface area contributed by atoms with E-state index in [4.69, 9.17) is 0 Å². The first-order valence-electron chi connectivity index (χ1n) is 3.00. The number of nitrogens with zero attached hydrogens (tertiary/aromatic N) is 1. The Morgan fingerprint density at radius 1 is 1.40 bits per heavy atom. The first kappa shape index (κ1) is 10.5. The molecule has 0 saturated carbocycles. The molecule has 0 fully saturated rings. The monoisotopic (exact) mass is 189 g/mol. The van der Waals surface area contributed by atoms with E-state index in [1.54, 1.807) is 13.8 Å². The maximum Gasteiger partial charge on any atom is 0.384 e. The quantitative estimate of drug-likeness (QED) is 0.494. The van der Waals surface area contributed by atoms with E-state index >= 15 is 0 Å². The Balaban J connectivity index is 3.63. The molecule has 10 heavy (non-hydrogen) atoms. The van der Waals surface area contributed by atoms with E-state index in [2.05, 4.69) is 11.6 Å². The minimum absolute atomic E-state index is 0.367. The van der Waals surface area contributed by atoms with Crippen molar-refractivity contribution in [1.82, 2.24) is 4.31 Å². The minimum atomic E-state index is -3.16. The average molecular weight is 190 g/mol. The minimum Gasteiger partial charge on any atom is -0.245 e. The highest BCUT2D eigenvalue weighted by atomic mass is 35.5. The van der Waals surface area contributed by atoms with Gasteiger partial charge in [0.1, 0.15) is 0 Å². The normalized spacial score (nSPS) is 12.6. The molecule has 0 aromatic heterocycles. The van der Waals surface area contributed by atoms with Crippen molar-refractivity contribution in [3.8, 4) is 0 Å². The van der Waals surface area contributed by atoms with Crippen molar-refractivity contribution < 1.29 is 8.78 Å². The van der Waals surface area contributed by atoms with Gasteiger partial charge in [-0.3, -0.25) is 0 Å². The second kappa shape index (κ2) is 4.36. The van der Waals surface area contributed by atoms with E-state index in [1.165, 1.54) is 4.31 Å². The third kappa shape index (κ3) is 5.26. The summed E-state index contributed by atoms with van der Waals surface area (Å²) in [7, 11) is 0. The zero-order valence-electron chi connectivity index (χ0n) is 5.90. The van der Waals surface area contributed by atoms with Crippen LogP contribution in [0.5, 0.6) is 0 Å². The number of rotatable bonds is 4. The molecule has 0 bridgehead atoms. The molecular formula is C5H10ClF2NS. The smallest absolute Gasteiger partial charge is 0.245 e. The molecule has 0 aliphatic carbocycles. The second-order valence-corrected chi connectivity index (χ2v) is 3.56. The molecule has 5 heteroatoms. The molecule has 0 aromatic rings. The molecule has 0 aliphatic heterocycles. The van der Waals surface area contributed by atoms with Crippen LogP contribution >= 0.6 is 23.5 Å². The lowest BCUT2D eigenvalue weighted by Crippen LogP contribution is -2.19. The molecule has 0 atom stereocenters. The van der Waals surface area contributed by atoms with Crippen LogP contribution in [0.25, 0.3) is 0 Å². The van der Waals surface area contributed by atoms with Crippen molar-refractivity contribution in [3.63, 3.8) is 0 Å². The van der Waals surface area contributed by atoms with Crippen molar-refractivity contribution in [2.24, 2.45) is 0 Å². The van der Waals surface area contributed by atoms with E-state index < -0.39 is 4.71 Å². The summed E-state index contributed by atoms with van der Waals surface area (Å²) in [6.45, 7) is 4.76. The maximum atomic E-state index is 12.0. The molecule has 0 saturated heterocycles. The van der Waals surface area contributed by atoms with Gasteiger partial charge in [-0.1, -0.05) is 13.8 Å². The van der Waals surface area contributed by atoms with Crippen LogP contribution in [0.3, 0.4) is 0 Å². The lowest BCUT2D eigenvalue weighted by molar-refractivity contribution is 0.196. The van der Waals surface area contributed by atoms with Gasteiger partial charge in [-0.2, -0.15) is 8.78 Å². The van der Waals surface area contributed by atoms with Crippen LogP contribution in [0, 0.1) is 0 Å². The number of hydrogen-bond donors (Lipinski definition) is 0. The fourth-order valence-electron chi connectivity index (χ4n) is 0.499. The maximum absolute atomic E-state index is 12.0. The van der Waals surface area contributed by atoms with Crippen molar-refractivity contribution in [2.45, 2.75) is 18.6 Å². The number of alkyl halides is 3. The molecular weight excluding hydrogens is 180 g/mol. The van der Waals surface area contributed by atoms with Gasteiger partial charge in [-0.25, -0.2) is 4.31 Å². The lowest BCUT2D eigenvalue weighted by atomic mass is 10.7. The first-order chi connectivity index (χ1) is 4.49. The van der Waals surface area contributed by atoms with Crippen LogP contribution in [0.15, 0.2) is 0 Å². The largest absolute Gasteiger partial charge is 0.384 e. The number of hydrogen-bond acceptors (Lipinski definition) is 2. The predicted molar refractivity (Wildman–Crippen MR) is 41.3 cm³/mol. The van der Waals surface area contributed by atoms with Gasteiger partial charge in [0.05, 0.1) is 0 Å². The highest BCUT2D eigenvalue weighted by Crippen LogP contribution is 2.35. The van der Waals surface area contributed by atoms with Gasteiger partial charge < -0.3 is 0 Å². The summed E-state index contributed by atoms with van der Waals surface area (Å²) in [5, 5.41) is 0. The van der Waals surface area contributed by atoms with Gasteiger partial charge in [0.2, 0.25) is 0 Å². The standard InChI is InChI=1S/C5H10ClF2NS/c1-3-9(4-2)10-5(6,7)8/h3-4H2,1-2H3. The molecule has 0 aromatic carbocycles. The summed E-state index contributed by atoms with van der Waals surface area (Å²) in [6, 6.07) is 0. The summed E-state index contributed by atoms with van der Waals surface area (Å²) in [5.74, 6) is 0. The van der Waals surface area contributed by atoms with E-state index in [0.717, 1.165) is 0 Å². The van der Waals surface area contributed by atoms with E-state index in [0.29, 0.717) is 25.0 Å². The Morgan fingerprint density at radius 2 is 1.80 bits per heavy atom. The van der Waals surface area contributed by atoms with Crippen LogP contribution in [0.2, 0.25) is 0 Å². The fourth-order valence-corrected chi connectivity index (χ4v) is 1.34. The third-order valence-electron chi connectivity index (χ3n) is 0.938. The fraction of sp³-hybridized carbons (Fsp3) is 1.00. The Labute approximate surface area is 68.9 Å². The molecule has 0 amide bonds. The molecule has 1 nitrogen and oxygen atoms in total. The van der Waals surface area contributed by atoms with Gasteiger partial charge in [-0.15, -0.1) is 0 Å². The van der Waals surface area contributed by atoms with Crippen LogP contribution in [0.1, 0.15) is 13.8 Å². The third-order valence-corrected chi connectivity index (χ3v) is 2.13. The zero-order chi connectivity index (χ0) is 8.20. The van der Waals surface area contributed by atoms with E-state index in [1.807, 2.05) is 0 Å². The second-order valence-electron chi connectivity index (χ2n) is 1.65. The molecule has 0 rings (SSSR count). The zero-order valence-corrected chi connectivity index (χ0v) is 7.48. The Morgan fingerprint density at radius 3 is 1.90 bits per heavy atom. The molecule has 0 heterocycles. The Hall–Kier alpha value is 0.460. The molecule has 0 N–H and O–H groups in total. The average Bonchev–Trinajstić information content (AvgIpc) is 1.81. The molecule has 62 valence electrons. The summed E-state index contributed by atoms with van der Waals surface area (Å²) in [4.78, 5) is 0. The SMILES string of the molecule is CCN(CC)SC(F)(F)Cl. The Kier molecular flexibility index (Phi) is 4.56. The Bertz CT molecular complexity index is 92.1. The van der Waals surface area contributed by atoms with E-state index in [9.17, 15) is 8.78 Å². The van der Waals surface area contributed by atoms with Crippen LogP contribution in [0.4, 0.5) is 8.78 Å². The summed E-state index contributed by atoms with van der Waals surface area (Å²) in [5.41, 5.74) is 0. The van der Waals surface area contributed by atoms with Gasteiger partial charge in [0.25, 0.3) is 0 Å². The summed E-state index contributed by atoms with van der Waals surface area (Å²) >= 11 is 5.04. The van der Waals surface area contributed by atoms with E-state index in [-0.39, 0.29) is 0 Å².